The number of rotatable bonds is 7. The Labute approximate surface area is 127 Å². The summed E-state index contributed by atoms with van der Waals surface area (Å²) in [7, 11) is 1.60. The lowest BCUT2D eigenvalue weighted by atomic mass is 10.1. The van der Waals surface area contributed by atoms with Crippen LogP contribution in [-0.4, -0.2) is 35.8 Å². The highest BCUT2D eigenvalue weighted by atomic mass is 35.5. The molecule has 0 bridgehead atoms. The van der Waals surface area contributed by atoms with E-state index < -0.39 is 12.0 Å². The molecule has 0 saturated heterocycles. The summed E-state index contributed by atoms with van der Waals surface area (Å²) in [5, 5.41) is 13.8. The quantitative estimate of drug-likeness (QED) is 0.769. The Bertz CT molecular complexity index is 633. The second-order valence-electron chi connectivity index (χ2n) is 4.69. The van der Waals surface area contributed by atoms with Gasteiger partial charge in [0.1, 0.15) is 6.04 Å². The fourth-order valence-corrected chi connectivity index (χ4v) is 2.29. The number of carbonyl (C=O) groups is 1. The lowest BCUT2D eigenvalue weighted by Gasteiger charge is -2.17. The maximum atomic E-state index is 11.3. The smallest absolute Gasteiger partial charge is 0.326 e. The Morgan fingerprint density at radius 1 is 1.48 bits per heavy atom. The average Bonchev–Trinajstić information content (AvgIpc) is 2.46. The Hall–Kier alpha value is -1.85. The molecule has 6 heteroatoms. The Morgan fingerprint density at radius 3 is 3.00 bits per heavy atom. The second-order valence-corrected chi connectivity index (χ2v) is 5.13. The molecular formula is C15H17ClN2O3. The third-order valence-corrected chi connectivity index (χ3v) is 3.41. The zero-order chi connectivity index (χ0) is 15.2. The van der Waals surface area contributed by atoms with Crippen molar-refractivity contribution in [3.05, 3.63) is 35.5 Å². The van der Waals surface area contributed by atoms with Crippen LogP contribution >= 0.6 is 11.6 Å². The first-order chi connectivity index (χ1) is 10.1. The standard InChI is InChI=1S/C15H17ClN2O3/c1-21-8-2-3-13(15(19)20)18-12-6-7-17-14-9-10(16)4-5-11(12)14/h4-7,9,13H,2-3,8H2,1H3,(H,17,18)(H,19,20). The van der Waals surface area contributed by atoms with Gasteiger partial charge in [0.2, 0.25) is 0 Å². The molecule has 0 amide bonds. The largest absolute Gasteiger partial charge is 0.480 e. The number of anilines is 1. The van der Waals surface area contributed by atoms with E-state index in [4.69, 9.17) is 16.3 Å². The van der Waals surface area contributed by atoms with Gasteiger partial charge in [0, 0.05) is 36.0 Å². The van der Waals surface area contributed by atoms with Crippen LogP contribution in [0.2, 0.25) is 5.02 Å². The van der Waals surface area contributed by atoms with Crippen molar-refractivity contribution in [3.63, 3.8) is 0 Å². The molecule has 2 aromatic rings. The van der Waals surface area contributed by atoms with Gasteiger partial charge in [-0.05, 0) is 37.1 Å². The molecule has 1 heterocycles. The minimum absolute atomic E-state index is 0.487. The van der Waals surface area contributed by atoms with E-state index in [9.17, 15) is 9.90 Å². The lowest BCUT2D eigenvalue weighted by Crippen LogP contribution is -2.29. The first-order valence-electron chi connectivity index (χ1n) is 6.64. The maximum Gasteiger partial charge on any atom is 0.326 e. The molecule has 0 spiro atoms. The van der Waals surface area contributed by atoms with Crippen LogP contribution in [0.15, 0.2) is 30.5 Å². The predicted octanol–water partition coefficient (Wildman–Crippen LogP) is 3.18. The predicted molar refractivity (Wildman–Crippen MR) is 82.9 cm³/mol. The van der Waals surface area contributed by atoms with E-state index in [2.05, 4.69) is 10.3 Å². The molecule has 21 heavy (non-hydrogen) atoms. The minimum atomic E-state index is -0.884. The lowest BCUT2D eigenvalue weighted by molar-refractivity contribution is -0.138. The summed E-state index contributed by atoms with van der Waals surface area (Å²) in [5.41, 5.74) is 1.47. The zero-order valence-electron chi connectivity index (χ0n) is 11.7. The number of hydrogen-bond donors (Lipinski definition) is 2. The minimum Gasteiger partial charge on any atom is -0.480 e. The molecule has 0 aliphatic heterocycles. The van der Waals surface area contributed by atoms with Crippen molar-refractivity contribution in [1.82, 2.24) is 4.98 Å². The van der Waals surface area contributed by atoms with Crippen LogP contribution in [0.1, 0.15) is 12.8 Å². The molecule has 2 N–H and O–H groups in total. The van der Waals surface area contributed by atoms with E-state index in [-0.39, 0.29) is 0 Å². The monoisotopic (exact) mass is 308 g/mol. The second kappa shape index (κ2) is 7.24. The van der Waals surface area contributed by atoms with Gasteiger partial charge in [-0.2, -0.15) is 0 Å². The first-order valence-corrected chi connectivity index (χ1v) is 7.02. The molecule has 1 unspecified atom stereocenters. The van der Waals surface area contributed by atoms with Crippen LogP contribution in [0, 0.1) is 0 Å². The van der Waals surface area contributed by atoms with Crippen molar-refractivity contribution in [2.75, 3.05) is 19.0 Å². The number of ether oxygens (including phenoxy) is 1. The van der Waals surface area contributed by atoms with E-state index in [1.807, 2.05) is 6.07 Å². The van der Waals surface area contributed by atoms with Crippen molar-refractivity contribution in [2.24, 2.45) is 0 Å². The molecular weight excluding hydrogens is 292 g/mol. The maximum absolute atomic E-state index is 11.3. The summed E-state index contributed by atoms with van der Waals surface area (Å²) < 4.78 is 4.96. The molecule has 0 aliphatic rings. The van der Waals surface area contributed by atoms with Gasteiger partial charge in [-0.25, -0.2) is 4.79 Å². The van der Waals surface area contributed by atoms with E-state index in [1.54, 1.807) is 31.5 Å². The highest BCUT2D eigenvalue weighted by molar-refractivity contribution is 6.31. The molecule has 1 aromatic carbocycles. The van der Waals surface area contributed by atoms with Crippen molar-refractivity contribution in [3.8, 4) is 0 Å². The topological polar surface area (TPSA) is 71.5 Å². The van der Waals surface area contributed by atoms with Gasteiger partial charge in [0.25, 0.3) is 0 Å². The number of nitrogens with zero attached hydrogens (tertiary/aromatic N) is 1. The summed E-state index contributed by atoms with van der Waals surface area (Å²) in [6.07, 6.45) is 2.80. The summed E-state index contributed by atoms with van der Waals surface area (Å²) in [5.74, 6) is -0.884. The van der Waals surface area contributed by atoms with Crippen LogP contribution in [0.5, 0.6) is 0 Å². The van der Waals surface area contributed by atoms with Crippen molar-refractivity contribution in [1.29, 1.82) is 0 Å². The van der Waals surface area contributed by atoms with Gasteiger partial charge in [0.15, 0.2) is 0 Å². The SMILES string of the molecule is COCCCC(Nc1ccnc2cc(Cl)ccc12)C(=O)O. The fourth-order valence-electron chi connectivity index (χ4n) is 2.12. The van der Waals surface area contributed by atoms with Crippen LogP contribution in [0.4, 0.5) is 5.69 Å². The van der Waals surface area contributed by atoms with Gasteiger partial charge in [0.05, 0.1) is 5.52 Å². The molecule has 0 aliphatic carbocycles. The fraction of sp³-hybridized carbons (Fsp3) is 0.333. The number of carboxylic acids is 1. The van der Waals surface area contributed by atoms with Gasteiger partial charge in [-0.3, -0.25) is 4.98 Å². The third kappa shape index (κ3) is 4.06. The number of nitrogens with one attached hydrogen (secondary N) is 1. The zero-order valence-corrected chi connectivity index (χ0v) is 12.4. The highest BCUT2D eigenvalue weighted by Gasteiger charge is 2.17. The first kappa shape index (κ1) is 15.5. The Kier molecular flexibility index (Phi) is 5.36. The molecule has 2 rings (SSSR count). The molecule has 1 atom stereocenters. The molecule has 112 valence electrons. The molecule has 0 saturated carbocycles. The van der Waals surface area contributed by atoms with Gasteiger partial charge in [-0.1, -0.05) is 11.6 Å². The number of carboxylic acid groups (broad SMARTS) is 1. The van der Waals surface area contributed by atoms with Gasteiger partial charge < -0.3 is 15.2 Å². The van der Waals surface area contributed by atoms with Gasteiger partial charge in [-0.15, -0.1) is 0 Å². The molecule has 5 nitrogen and oxygen atoms in total. The van der Waals surface area contributed by atoms with Crippen molar-refractivity contribution in [2.45, 2.75) is 18.9 Å². The number of methoxy groups -OCH3 is 1. The number of benzene rings is 1. The highest BCUT2D eigenvalue weighted by Crippen LogP contribution is 2.25. The van der Waals surface area contributed by atoms with Crippen LogP contribution in [-0.2, 0) is 9.53 Å². The number of aliphatic carboxylic acids is 1. The van der Waals surface area contributed by atoms with Crippen molar-refractivity contribution >= 4 is 34.2 Å². The number of aromatic nitrogens is 1. The van der Waals surface area contributed by atoms with Crippen LogP contribution in [0.3, 0.4) is 0 Å². The summed E-state index contributed by atoms with van der Waals surface area (Å²) >= 11 is 5.94. The van der Waals surface area contributed by atoms with E-state index in [0.29, 0.717) is 24.5 Å². The number of halogens is 1. The van der Waals surface area contributed by atoms with Gasteiger partial charge >= 0.3 is 5.97 Å². The number of hydrogen-bond acceptors (Lipinski definition) is 4. The number of fused-ring (bicyclic) bond motifs is 1. The van der Waals surface area contributed by atoms with E-state index >= 15 is 0 Å². The average molecular weight is 309 g/mol. The van der Waals surface area contributed by atoms with Crippen molar-refractivity contribution < 1.29 is 14.6 Å². The molecule has 1 aromatic heterocycles. The van der Waals surface area contributed by atoms with Crippen LogP contribution in [0.25, 0.3) is 10.9 Å². The van der Waals surface area contributed by atoms with E-state index in [1.165, 1.54) is 0 Å². The normalized spacial score (nSPS) is 12.3. The number of pyridine rings is 1. The summed E-state index contributed by atoms with van der Waals surface area (Å²) in [6, 6.07) is 6.45. The molecule has 0 fully saturated rings. The van der Waals surface area contributed by atoms with Crippen LogP contribution < -0.4 is 5.32 Å². The summed E-state index contributed by atoms with van der Waals surface area (Å²) in [6.45, 7) is 0.540. The van der Waals surface area contributed by atoms with E-state index in [0.717, 1.165) is 16.6 Å². The summed E-state index contributed by atoms with van der Waals surface area (Å²) in [4.78, 5) is 15.6. The molecule has 0 radical (unpaired) electrons. The Morgan fingerprint density at radius 2 is 2.29 bits per heavy atom. The third-order valence-electron chi connectivity index (χ3n) is 3.17. The Balaban J connectivity index is 2.22.